The van der Waals surface area contributed by atoms with Gasteiger partial charge in [0, 0.05) is 19.8 Å². The fraction of sp³-hybridized carbons (Fsp3) is 0.455. The second-order valence-corrected chi connectivity index (χ2v) is 3.85. The van der Waals surface area contributed by atoms with Gasteiger partial charge in [-0.2, -0.15) is 5.26 Å². The molecule has 0 bridgehead atoms. The molecule has 0 aromatic carbocycles. The zero-order valence-electron chi connectivity index (χ0n) is 10.4. The molecule has 96 valence electrons. The summed E-state index contributed by atoms with van der Waals surface area (Å²) in [6.07, 6.45) is 1.10. The number of H-pyrrole nitrogens is 1. The van der Waals surface area contributed by atoms with Crippen molar-refractivity contribution in [3.63, 3.8) is 0 Å². The van der Waals surface area contributed by atoms with Crippen LogP contribution in [-0.2, 0) is 4.79 Å². The smallest absolute Gasteiger partial charge is 0.329 e. The summed E-state index contributed by atoms with van der Waals surface area (Å²) in [5, 5.41) is 8.73. The van der Waals surface area contributed by atoms with E-state index < -0.39 is 17.3 Å². The van der Waals surface area contributed by atoms with E-state index in [9.17, 15) is 14.4 Å². The highest BCUT2D eigenvalue weighted by molar-refractivity contribution is 5.79. The number of carbonyl (C=O) groups excluding carboxylic acids is 1. The highest BCUT2D eigenvalue weighted by Crippen LogP contribution is 2.05. The molecule has 1 aromatic heterocycles. The summed E-state index contributed by atoms with van der Waals surface area (Å²) in [5.41, 5.74) is -1.65. The van der Waals surface area contributed by atoms with Crippen molar-refractivity contribution in [2.24, 2.45) is 0 Å². The van der Waals surface area contributed by atoms with Crippen LogP contribution < -0.4 is 11.2 Å². The van der Waals surface area contributed by atoms with Gasteiger partial charge in [0.25, 0.3) is 5.56 Å². The highest BCUT2D eigenvalue weighted by Gasteiger charge is 2.20. The van der Waals surface area contributed by atoms with E-state index in [0.29, 0.717) is 6.54 Å². The molecule has 18 heavy (non-hydrogen) atoms. The van der Waals surface area contributed by atoms with Crippen molar-refractivity contribution in [2.75, 3.05) is 13.6 Å². The van der Waals surface area contributed by atoms with Crippen molar-refractivity contribution >= 4 is 5.91 Å². The van der Waals surface area contributed by atoms with Gasteiger partial charge in [0.05, 0.1) is 0 Å². The number of nitrogens with zero attached hydrogens (tertiary/aromatic N) is 3. The number of rotatable bonds is 3. The molecule has 0 aliphatic carbocycles. The number of likely N-dealkylation sites (N-methyl/N-ethyl adjacent to an activating group) is 1. The number of aromatic nitrogens is 2. The fourth-order valence-corrected chi connectivity index (χ4v) is 1.45. The van der Waals surface area contributed by atoms with Crippen LogP contribution in [0, 0.1) is 11.3 Å². The minimum atomic E-state index is -0.772. The molecular formula is C11H14N4O3. The van der Waals surface area contributed by atoms with Gasteiger partial charge in [-0.15, -0.1) is 0 Å². The van der Waals surface area contributed by atoms with Crippen LogP contribution in [0.4, 0.5) is 0 Å². The number of amides is 1. The van der Waals surface area contributed by atoms with Gasteiger partial charge in [-0.05, 0) is 13.8 Å². The van der Waals surface area contributed by atoms with E-state index in [-0.39, 0.29) is 11.5 Å². The molecular weight excluding hydrogens is 236 g/mol. The quantitative estimate of drug-likeness (QED) is 0.777. The third-order valence-corrected chi connectivity index (χ3v) is 2.71. The van der Waals surface area contributed by atoms with E-state index in [1.165, 1.54) is 11.8 Å². The molecule has 1 rings (SSSR count). The van der Waals surface area contributed by atoms with E-state index in [2.05, 4.69) is 0 Å². The van der Waals surface area contributed by atoms with Crippen LogP contribution in [0.15, 0.2) is 15.8 Å². The summed E-state index contributed by atoms with van der Waals surface area (Å²) in [6, 6.07) is 0.900. The van der Waals surface area contributed by atoms with E-state index >= 15 is 0 Å². The lowest BCUT2D eigenvalue weighted by molar-refractivity contribution is -0.132. The summed E-state index contributed by atoms with van der Waals surface area (Å²) < 4.78 is 1.05. The predicted octanol–water partition coefficient (Wildman–Crippen LogP) is -0.552. The zero-order valence-corrected chi connectivity index (χ0v) is 10.4. The molecule has 1 atom stereocenters. The molecule has 1 amide bonds. The second kappa shape index (κ2) is 5.31. The molecule has 0 aliphatic heterocycles. The van der Waals surface area contributed by atoms with E-state index in [1.54, 1.807) is 20.0 Å². The van der Waals surface area contributed by atoms with Crippen molar-refractivity contribution in [1.82, 2.24) is 14.5 Å². The molecule has 7 nitrogen and oxygen atoms in total. The molecule has 1 aromatic rings. The van der Waals surface area contributed by atoms with Gasteiger partial charge in [-0.25, -0.2) is 4.79 Å². The van der Waals surface area contributed by atoms with Crippen LogP contribution in [0.1, 0.15) is 25.5 Å². The first-order chi connectivity index (χ1) is 8.42. The molecule has 0 spiro atoms. The van der Waals surface area contributed by atoms with Gasteiger partial charge >= 0.3 is 5.69 Å². The van der Waals surface area contributed by atoms with Gasteiger partial charge in [0.15, 0.2) is 0 Å². The second-order valence-electron chi connectivity index (χ2n) is 3.85. The number of nitrogens with one attached hydrogen (secondary N) is 1. The van der Waals surface area contributed by atoms with Crippen molar-refractivity contribution in [3.05, 3.63) is 32.6 Å². The Balaban J connectivity index is 3.27. The molecule has 7 heteroatoms. The van der Waals surface area contributed by atoms with Crippen LogP contribution in [0.25, 0.3) is 0 Å². The first kappa shape index (κ1) is 13.7. The summed E-state index contributed by atoms with van der Waals surface area (Å²) in [6.45, 7) is 3.85. The van der Waals surface area contributed by atoms with Crippen LogP contribution in [0.2, 0.25) is 0 Å². The molecule has 0 saturated carbocycles. The third-order valence-electron chi connectivity index (χ3n) is 2.71. The largest absolute Gasteiger partial charge is 0.344 e. The Morgan fingerprint density at radius 3 is 2.72 bits per heavy atom. The lowest BCUT2D eigenvalue weighted by atomic mass is 10.2. The SMILES string of the molecule is CCN(C)C(=O)C(C)n1cc(C#N)c(=O)[nH]c1=O. The Labute approximate surface area is 103 Å². The highest BCUT2D eigenvalue weighted by atomic mass is 16.2. The Morgan fingerprint density at radius 2 is 2.22 bits per heavy atom. The van der Waals surface area contributed by atoms with Crippen molar-refractivity contribution < 1.29 is 4.79 Å². The van der Waals surface area contributed by atoms with Gasteiger partial charge < -0.3 is 4.90 Å². The topological polar surface area (TPSA) is 99.0 Å². The monoisotopic (exact) mass is 250 g/mol. The Bertz CT molecular complexity index is 608. The lowest BCUT2D eigenvalue weighted by Crippen LogP contribution is -2.40. The van der Waals surface area contributed by atoms with E-state index in [1.807, 2.05) is 4.98 Å². The lowest BCUT2D eigenvalue weighted by Gasteiger charge is -2.20. The average molecular weight is 250 g/mol. The average Bonchev–Trinajstić information content (AvgIpc) is 2.36. The molecule has 1 unspecified atom stereocenters. The number of hydrogen-bond donors (Lipinski definition) is 1. The Kier molecular flexibility index (Phi) is 4.05. The summed E-state index contributed by atoms with van der Waals surface area (Å²) in [4.78, 5) is 38.2. The Morgan fingerprint density at radius 1 is 1.61 bits per heavy atom. The van der Waals surface area contributed by atoms with Crippen molar-refractivity contribution in [3.8, 4) is 6.07 Å². The van der Waals surface area contributed by atoms with Gasteiger partial charge in [0.1, 0.15) is 17.7 Å². The van der Waals surface area contributed by atoms with Crippen LogP contribution >= 0.6 is 0 Å². The summed E-state index contributed by atoms with van der Waals surface area (Å²) >= 11 is 0. The molecule has 0 aliphatic rings. The van der Waals surface area contributed by atoms with Gasteiger partial charge in [-0.1, -0.05) is 0 Å². The number of carbonyl (C=O) groups is 1. The standard InChI is InChI=1S/C11H14N4O3/c1-4-14(3)10(17)7(2)15-6-8(5-12)9(16)13-11(15)18/h6-7H,4H2,1-3H3,(H,13,16,18). The number of hydrogen-bond acceptors (Lipinski definition) is 4. The Hall–Kier alpha value is -2.36. The van der Waals surface area contributed by atoms with Gasteiger partial charge in [-0.3, -0.25) is 19.1 Å². The molecule has 0 radical (unpaired) electrons. The summed E-state index contributed by atoms with van der Waals surface area (Å²) in [7, 11) is 1.61. The fourth-order valence-electron chi connectivity index (χ4n) is 1.45. The maximum absolute atomic E-state index is 11.9. The number of aromatic amines is 1. The van der Waals surface area contributed by atoms with Crippen molar-refractivity contribution in [1.29, 1.82) is 5.26 Å². The van der Waals surface area contributed by atoms with Crippen molar-refractivity contribution in [2.45, 2.75) is 19.9 Å². The van der Waals surface area contributed by atoms with E-state index in [4.69, 9.17) is 5.26 Å². The summed E-state index contributed by atoms with van der Waals surface area (Å²) in [5.74, 6) is -0.268. The first-order valence-corrected chi connectivity index (χ1v) is 5.42. The van der Waals surface area contributed by atoms with Crippen LogP contribution in [0.5, 0.6) is 0 Å². The maximum atomic E-state index is 11.9. The molecule has 0 fully saturated rings. The third kappa shape index (κ3) is 2.48. The van der Waals surface area contributed by atoms with Crippen LogP contribution in [-0.4, -0.2) is 34.0 Å². The van der Waals surface area contributed by atoms with E-state index in [0.717, 1.165) is 10.8 Å². The molecule has 1 heterocycles. The minimum Gasteiger partial charge on any atom is -0.344 e. The maximum Gasteiger partial charge on any atom is 0.329 e. The predicted molar refractivity (Wildman–Crippen MR) is 64.1 cm³/mol. The minimum absolute atomic E-state index is 0.201. The molecule has 1 N–H and O–H groups in total. The zero-order chi connectivity index (χ0) is 13.9. The first-order valence-electron chi connectivity index (χ1n) is 5.42. The van der Waals surface area contributed by atoms with Gasteiger partial charge in [0.2, 0.25) is 5.91 Å². The number of nitriles is 1. The normalized spacial score (nSPS) is 11.7. The van der Waals surface area contributed by atoms with Crippen LogP contribution in [0.3, 0.4) is 0 Å². The molecule has 0 saturated heterocycles.